The first-order chi connectivity index (χ1) is 7.47. The highest BCUT2D eigenvalue weighted by Gasteiger charge is 2.22. The van der Waals surface area contributed by atoms with Crippen LogP contribution in [0.5, 0.6) is 0 Å². The van der Waals surface area contributed by atoms with E-state index in [0.29, 0.717) is 0 Å². The number of carbonyl (C=O) groups is 3. The van der Waals surface area contributed by atoms with Gasteiger partial charge in [0.05, 0.1) is 12.8 Å². The van der Waals surface area contributed by atoms with Crippen LogP contribution in [-0.2, 0) is 14.4 Å². The Morgan fingerprint density at radius 2 is 2.00 bits per heavy atom. The number of nitrogens with zero attached hydrogens (tertiary/aromatic N) is 1. The van der Waals surface area contributed by atoms with Crippen molar-refractivity contribution in [2.45, 2.75) is 12.5 Å². The minimum Gasteiger partial charge on any atom is -0.481 e. The van der Waals surface area contributed by atoms with E-state index in [9.17, 15) is 14.4 Å². The molecule has 0 spiro atoms. The Morgan fingerprint density at radius 1 is 1.38 bits per heavy atom. The Balaban J connectivity index is 4.18. The Hall–Kier alpha value is -2.16. The van der Waals surface area contributed by atoms with Crippen LogP contribution in [0.25, 0.3) is 0 Å². The summed E-state index contributed by atoms with van der Waals surface area (Å²) in [4.78, 5) is 35.4. The van der Waals surface area contributed by atoms with Crippen molar-refractivity contribution in [2.24, 2.45) is 10.8 Å². The normalized spacial score (nSPS) is 12.1. The van der Waals surface area contributed by atoms with E-state index in [1.165, 1.54) is 0 Å². The van der Waals surface area contributed by atoms with Crippen molar-refractivity contribution in [1.82, 2.24) is 10.7 Å². The SMILES string of the molecule is NNC=NCC(=O)N[C@@H](CC(=O)O)C(=O)O. The molecule has 0 aliphatic carbocycles. The number of carboxylic acid groups (broad SMARTS) is 2. The van der Waals surface area contributed by atoms with Crippen LogP contribution >= 0.6 is 0 Å². The predicted molar refractivity (Wildman–Crippen MR) is 52.5 cm³/mol. The molecular weight excluding hydrogens is 220 g/mol. The van der Waals surface area contributed by atoms with Crippen molar-refractivity contribution in [3.8, 4) is 0 Å². The molecule has 0 bridgehead atoms. The second kappa shape index (κ2) is 7.17. The molecule has 0 unspecified atom stereocenters. The molecule has 0 saturated carbocycles. The molecule has 0 heterocycles. The highest BCUT2D eigenvalue weighted by molar-refractivity contribution is 5.87. The van der Waals surface area contributed by atoms with Gasteiger partial charge in [-0.3, -0.25) is 14.6 Å². The number of carbonyl (C=O) groups excluding carboxylic acids is 1. The first-order valence-corrected chi connectivity index (χ1v) is 4.15. The molecule has 9 nitrogen and oxygen atoms in total. The average molecular weight is 232 g/mol. The number of rotatable bonds is 7. The molecule has 0 aromatic carbocycles. The van der Waals surface area contributed by atoms with Crippen molar-refractivity contribution in [3.63, 3.8) is 0 Å². The molecule has 90 valence electrons. The minimum absolute atomic E-state index is 0.340. The van der Waals surface area contributed by atoms with Gasteiger partial charge in [0, 0.05) is 0 Å². The van der Waals surface area contributed by atoms with Crippen LogP contribution in [0, 0.1) is 0 Å². The largest absolute Gasteiger partial charge is 0.481 e. The lowest BCUT2D eigenvalue weighted by atomic mass is 10.2. The molecule has 16 heavy (non-hydrogen) atoms. The van der Waals surface area contributed by atoms with Crippen LogP contribution in [-0.4, -0.2) is 47.0 Å². The molecule has 0 aliphatic rings. The van der Waals surface area contributed by atoms with Crippen molar-refractivity contribution in [1.29, 1.82) is 0 Å². The number of aliphatic carboxylic acids is 2. The zero-order valence-electron chi connectivity index (χ0n) is 8.21. The number of nitrogens with one attached hydrogen (secondary N) is 2. The first-order valence-electron chi connectivity index (χ1n) is 4.15. The Bertz CT molecular complexity index is 303. The zero-order chi connectivity index (χ0) is 12.6. The van der Waals surface area contributed by atoms with Gasteiger partial charge in [-0.1, -0.05) is 0 Å². The van der Waals surface area contributed by atoms with Crippen molar-refractivity contribution in [3.05, 3.63) is 0 Å². The maximum absolute atomic E-state index is 11.1. The summed E-state index contributed by atoms with van der Waals surface area (Å²) in [6.07, 6.45) is 0.354. The third-order valence-corrected chi connectivity index (χ3v) is 1.41. The Labute approximate surface area is 90.3 Å². The molecule has 9 heteroatoms. The summed E-state index contributed by atoms with van der Waals surface area (Å²) in [6.45, 7) is -0.340. The maximum Gasteiger partial charge on any atom is 0.326 e. The third kappa shape index (κ3) is 6.32. The summed E-state index contributed by atoms with van der Waals surface area (Å²) in [5.41, 5.74) is 2.05. The number of nitrogens with two attached hydrogens (primary N) is 1. The minimum atomic E-state index is -1.47. The fourth-order valence-corrected chi connectivity index (χ4v) is 0.796. The lowest BCUT2D eigenvalue weighted by Gasteiger charge is -2.10. The molecular formula is C7H12N4O5. The van der Waals surface area contributed by atoms with Gasteiger partial charge in [-0.05, 0) is 0 Å². The molecule has 0 rings (SSSR count). The van der Waals surface area contributed by atoms with E-state index in [0.717, 1.165) is 6.34 Å². The number of hydrogen-bond donors (Lipinski definition) is 5. The van der Waals surface area contributed by atoms with Crippen LogP contribution in [0.4, 0.5) is 0 Å². The van der Waals surface area contributed by atoms with Gasteiger partial charge in [-0.15, -0.1) is 0 Å². The third-order valence-electron chi connectivity index (χ3n) is 1.41. The van der Waals surface area contributed by atoms with E-state index in [1.807, 2.05) is 10.7 Å². The van der Waals surface area contributed by atoms with Crippen LogP contribution < -0.4 is 16.6 Å². The molecule has 0 radical (unpaired) electrons. The van der Waals surface area contributed by atoms with Crippen LogP contribution in [0.15, 0.2) is 4.99 Å². The summed E-state index contributed by atoms with van der Waals surface area (Å²) in [5, 5.41) is 19.0. The molecule has 0 saturated heterocycles. The number of carboxylic acids is 2. The molecule has 0 aromatic rings. The summed E-state index contributed by atoms with van der Waals surface area (Å²) in [5.74, 6) is 1.38. The summed E-state index contributed by atoms with van der Waals surface area (Å²) in [6, 6.07) is -1.47. The standard InChI is InChI=1S/C7H12N4O5/c8-10-3-9-2-5(12)11-4(7(15)16)1-6(13)14/h3-4H,1-2,8H2,(H,9,10)(H,11,12)(H,13,14)(H,15,16)/t4-/m0/s1. The average Bonchev–Trinajstić information content (AvgIpc) is 2.16. The topological polar surface area (TPSA) is 154 Å². The fraction of sp³-hybridized carbons (Fsp3) is 0.429. The van der Waals surface area contributed by atoms with E-state index in [-0.39, 0.29) is 6.54 Å². The van der Waals surface area contributed by atoms with Crippen LogP contribution in [0.2, 0.25) is 0 Å². The summed E-state index contributed by atoms with van der Waals surface area (Å²) >= 11 is 0. The number of hydrazine groups is 1. The fourth-order valence-electron chi connectivity index (χ4n) is 0.796. The molecule has 1 amide bonds. The number of hydrogen-bond acceptors (Lipinski definition) is 5. The van der Waals surface area contributed by atoms with Crippen molar-refractivity contribution in [2.75, 3.05) is 6.54 Å². The van der Waals surface area contributed by atoms with Gasteiger partial charge in [-0.2, -0.15) is 0 Å². The van der Waals surface area contributed by atoms with E-state index in [4.69, 9.17) is 16.1 Å². The van der Waals surface area contributed by atoms with E-state index in [1.54, 1.807) is 0 Å². The maximum atomic E-state index is 11.1. The monoisotopic (exact) mass is 232 g/mol. The highest BCUT2D eigenvalue weighted by atomic mass is 16.4. The quantitative estimate of drug-likeness (QED) is 0.141. The number of aliphatic imine (C=N–C) groups is 1. The second-order valence-electron chi connectivity index (χ2n) is 2.69. The molecule has 1 atom stereocenters. The summed E-state index contributed by atoms with van der Waals surface area (Å²) in [7, 11) is 0. The Morgan fingerprint density at radius 3 is 2.44 bits per heavy atom. The molecule has 6 N–H and O–H groups in total. The Kier molecular flexibility index (Phi) is 6.21. The van der Waals surface area contributed by atoms with Gasteiger partial charge in [0.1, 0.15) is 12.6 Å². The predicted octanol–water partition coefficient (Wildman–Crippen LogP) is -2.48. The van der Waals surface area contributed by atoms with E-state index in [2.05, 4.69) is 4.99 Å². The molecule has 0 aliphatic heterocycles. The zero-order valence-corrected chi connectivity index (χ0v) is 8.21. The van der Waals surface area contributed by atoms with Gasteiger partial charge < -0.3 is 21.0 Å². The van der Waals surface area contributed by atoms with Crippen molar-refractivity contribution < 1.29 is 24.6 Å². The summed E-state index contributed by atoms with van der Waals surface area (Å²) < 4.78 is 0. The van der Waals surface area contributed by atoms with Gasteiger partial charge in [0.25, 0.3) is 0 Å². The van der Waals surface area contributed by atoms with Gasteiger partial charge in [0.15, 0.2) is 0 Å². The van der Waals surface area contributed by atoms with E-state index < -0.39 is 30.3 Å². The van der Waals surface area contributed by atoms with Gasteiger partial charge in [-0.25, -0.2) is 10.6 Å². The lowest BCUT2D eigenvalue weighted by molar-refractivity contribution is -0.147. The first kappa shape index (κ1) is 13.8. The lowest BCUT2D eigenvalue weighted by Crippen LogP contribution is -2.43. The van der Waals surface area contributed by atoms with Crippen LogP contribution in [0.1, 0.15) is 6.42 Å². The van der Waals surface area contributed by atoms with Gasteiger partial charge in [0.2, 0.25) is 5.91 Å². The van der Waals surface area contributed by atoms with Crippen molar-refractivity contribution >= 4 is 24.2 Å². The second-order valence-corrected chi connectivity index (χ2v) is 2.69. The van der Waals surface area contributed by atoms with E-state index >= 15 is 0 Å². The highest BCUT2D eigenvalue weighted by Crippen LogP contribution is 1.92. The molecule has 0 fully saturated rings. The van der Waals surface area contributed by atoms with Gasteiger partial charge >= 0.3 is 11.9 Å². The molecule has 0 aromatic heterocycles. The smallest absolute Gasteiger partial charge is 0.326 e. The number of amides is 1. The van der Waals surface area contributed by atoms with Crippen LogP contribution in [0.3, 0.4) is 0 Å².